The first-order chi connectivity index (χ1) is 17.7. The standard InChI is InChI=1S/C25H23N3O7S2/c1-35-21-7-3-2-6-19(21)24(25(32)28(15-23(30)31)14-17-5-4-12-36-17)27-37(33,34)18-9-10-20-16(13-18)8-11-22(29)26-20/h2-13,24,27H,14-15H2,1H3,(H,26,29)(H,30,31)/t24-/m1/s1. The lowest BCUT2D eigenvalue weighted by Gasteiger charge is -2.27. The van der Waals surface area contributed by atoms with Crippen LogP contribution in [0.25, 0.3) is 10.9 Å². The summed E-state index contributed by atoms with van der Waals surface area (Å²) in [7, 11) is -2.90. The van der Waals surface area contributed by atoms with Crippen LogP contribution in [-0.2, 0) is 26.2 Å². The van der Waals surface area contributed by atoms with E-state index in [0.29, 0.717) is 10.9 Å². The molecule has 0 unspecified atom stereocenters. The van der Waals surface area contributed by atoms with Gasteiger partial charge in [-0.2, -0.15) is 4.72 Å². The number of H-pyrrole nitrogens is 1. The maximum Gasteiger partial charge on any atom is 0.323 e. The van der Waals surface area contributed by atoms with E-state index in [9.17, 15) is 27.9 Å². The molecule has 0 fully saturated rings. The second-order valence-corrected chi connectivity index (χ2v) is 10.8. The minimum Gasteiger partial charge on any atom is -0.496 e. The van der Waals surface area contributed by atoms with E-state index in [-0.39, 0.29) is 28.3 Å². The number of aromatic amines is 1. The van der Waals surface area contributed by atoms with Gasteiger partial charge in [0.2, 0.25) is 21.5 Å². The number of para-hydroxylation sites is 1. The Bertz CT molecular complexity index is 1600. The van der Waals surface area contributed by atoms with E-state index in [1.807, 2.05) is 0 Å². The molecule has 0 saturated heterocycles. The number of nitrogens with one attached hydrogen (secondary N) is 2. The van der Waals surface area contributed by atoms with Crippen molar-refractivity contribution in [3.63, 3.8) is 0 Å². The first-order valence-corrected chi connectivity index (χ1v) is 13.4. The highest BCUT2D eigenvalue weighted by Crippen LogP contribution is 2.29. The Balaban J connectivity index is 1.76. The molecular formula is C25H23N3O7S2. The van der Waals surface area contributed by atoms with E-state index in [0.717, 1.165) is 9.78 Å². The van der Waals surface area contributed by atoms with Crippen LogP contribution in [0.1, 0.15) is 16.5 Å². The first-order valence-electron chi connectivity index (χ1n) is 11.0. The largest absolute Gasteiger partial charge is 0.496 e. The summed E-state index contributed by atoms with van der Waals surface area (Å²) in [6.07, 6.45) is 0. The van der Waals surface area contributed by atoms with Crippen molar-refractivity contribution in [1.82, 2.24) is 14.6 Å². The van der Waals surface area contributed by atoms with Crippen molar-refractivity contribution in [2.24, 2.45) is 0 Å². The van der Waals surface area contributed by atoms with Crippen LogP contribution in [0.4, 0.5) is 0 Å². The normalized spacial score (nSPS) is 12.2. The van der Waals surface area contributed by atoms with Gasteiger partial charge in [-0.3, -0.25) is 14.4 Å². The Morgan fingerprint density at radius 1 is 1.11 bits per heavy atom. The van der Waals surface area contributed by atoms with Gasteiger partial charge in [-0.25, -0.2) is 8.42 Å². The average Bonchev–Trinajstić information content (AvgIpc) is 3.39. The molecule has 37 heavy (non-hydrogen) atoms. The van der Waals surface area contributed by atoms with Gasteiger partial charge in [-0.15, -0.1) is 11.3 Å². The van der Waals surface area contributed by atoms with Crippen LogP contribution in [-0.4, -0.2) is 48.9 Å². The maximum atomic E-state index is 13.8. The molecule has 12 heteroatoms. The fourth-order valence-electron chi connectivity index (χ4n) is 3.82. The number of carbonyl (C=O) groups is 2. The highest BCUT2D eigenvalue weighted by molar-refractivity contribution is 7.89. The number of carbonyl (C=O) groups excluding carboxylic acids is 1. The second kappa shape index (κ2) is 10.9. The lowest BCUT2D eigenvalue weighted by molar-refractivity contribution is -0.145. The third-order valence-corrected chi connectivity index (χ3v) is 7.82. The number of amides is 1. The van der Waals surface area contributed by atoms with Crippen LogP contribution in [0.2, 0.25) is 0 Å². The van der Waals surface area contributed by atoms with Crippen molar-refractivity contribution in [3.05, 3.63) is 92.9 Å². The number of benzene rings is 2. The highest BCUT2D eigenvalue weighted by atomic mass is 32.2. The number of thiophene rings is 1. The predicted molar refractivity (Wildman–Crippen MR) is 138 cm³/mol. The van der Waals surface area contributed by atoms with Gasteiger partial charge in [-0.05, 0) is 47.2 Å². The number of fused-ring (bicyclic) bond motifs is 1. The molecule has 4 rings (SSSR count). The number of ether oxygens (including phenoxy) is 1. The maximum absolute atomic E-state index is 13.8. The van der Waals surface area contributed by atoms with Crippen LogP contribution < -0.4 is 15.0 Å². The highest BCUT2D eigenvalue weighted by Gasteiger charge is 2.33. The number of hydrogen-bond acceptors (Lipinski definition) is 7. The first kappa shape index (κ1) is 26.1. The number of sulfonamides is 1. The van der Waals surface area contributed by atoms with Gasteiger partial charge in [-0.1, -0.05) is 24.3 Å². The molecule has 10 nitrogen and oxygen atoms in total. The molecule has 1 atom stereocenters. The molecular weight excluding hydrogens is 518 g/mol. The molecule has 2 heterocycles. The Labute approximate surface area is 216 Å². The molecule has 0 aliphatic carbocycles. The van der Waals surface area contributed by atoms with E-state index in [4.69, 9.17) is 4.74 Å². The minimum absolute atomic E-state index is 0.0144. The zero-order chi connectivity index (χ0) is 26.6. The molecule has 192 valence electrons. The van der Waals surface area contributed by atoms with E-state index in [2.05, 4.69) is 9.71 Å². The minimum atomic E-state index is -4.29. The summed E-state index contributed by atoms with van der Waals surface area (Å²) in [6.45, 7) is -0.646. The molecule has 4 aromatic rings. The number of hydrogen-bond donors (Lipinski definition) is 3. The van der Waals surface area contributed by atoms with Crippen molar-refractivity contribution in [2.75, 3.05) is 13.7 Å². The Hall–Kier alpha value is -4.00. The Kier molecular flexibility index (Phi) is 7.71. The molecule has 0 radical (unpaired) electrons. The predicted octanol–water partition coefficient (Wildman–Crippen LogP) is 2.73. The van der Waals surface area contributed by atoms with Crippen LogP contribution in [0, 0.1) is 0 Å². The second-order valence-electron chi connectivity index (χ2n) is 8.04. The van der Waals surface area contributed by atoms with Crippen molar-refractivity contribution >= 4 is 44.1 Å². The topological polar surface area (TPSA) is 146 Å². The van der Waals surface area contributed by atoms with Crippen molar-refractivity contribution in [2.45, 2.75) is 17.5 Å². The molecule has 3 N–H and O–H groups in total. The number of aliphatic carboxylic acids is 1. The van der Waals surface area contributed by atoms with Crippen molar-refractivity contribution in [1.29, 1.82) is 0 Å². The molecule has 2 aromatic carbocycles. The third-order valence-electron chi connectivity index (χ3n) is 5.54. The summed E-state index contributed by atoms with van der Waals surface area (Å²) in [4.78, 5) is 41.3. The van der Waals surface area contributed by atoms with Gasteiger partial charge < -0.3 is 19.7 Å². The fourth-order valence-corrected chi connectivity index (χ4v) is 5.75. The van der Waals surface area contributed by atoms with Crippen LogP contribution in [0.3, 0.4) is 0 Å². The summed E-state index contributed by atoms with van der Waals surface area (Å²) in [5.41, 5.74) is 0.352. The molecule has 2 aromatic heterocycles. The van der Waals surface area contributed by atoms with Gasteiger partial charge in [0.05, 0.1) is 18.6 Å². The monoisotopic (exact) mass is 541 g/mol. The number of pyridine rings is 1. The zero-order valence-electron chi connectivity index (χ0n) is 19.6. The summed E-state index contributed by atoms with van der Waals surface area (Å²) in [5.74, 6) is -1.74. The summed E-state index contributed by atoms with van der Waals surface area (Å²) >= 11 is 1.35. The number of methoxy groups -OCH3 is 1. The van der Waals surface area contributed by atoms with E-state index in [1.54, 1.807) is 41.8 Å². The smallest absolute Gasteiger partial charge is 0.323 e. The van der Waals surface area contributed by atoms with Crippen LogP contribution in [0.15, 0.2) is 81.8 Å². The Morgan fingerprint density at radius 3 is 2.59 bits per heavy atom. The average molecular weight is 542 g/mol. The molecule has 0 spiro atoms. The molecule has 0 aliphatic heterocycles. The number of carboxylic acids is 1. The van der Waals surface area contributed by atoms with Crippen LogP contribution in [0.5, 0.6) is 5.75 Å². The fraction of sp³-hybridized carbons (Fsp3) is 0.160. The Morgan fingerprint density at radius 2 is 1.89 bits per heavy atom. The summed E-state index contributed by atoms with van der Waals surface area (Å²) < 4.78 is 34.8. The lowest BCUT2D eigenvalue weighted by Crippen LogP contribution is -2.44. The lowest BCUT2D eigenvalue weighted by atomic mass is 10.0. The van der Waals surface area contributed by atoms with Gasteiger partial charge in [0.25, 0.3) is 0 Å². The molecule has 0 aliphatic rings. The van der Waals surface area contributed by atoms with E-state index < -0.39 is 34.5 Å². The SMILES string of the molecule is COc1ccccc1[C@@H](NS(=O)(=O)c1ccc2[nH]c(=O)ccc2c1)C(=O)N(CC(=O)O)Cc1cccs1. The molecule has 1 amide bonds. The van der Waals surface area contributed by atoms with Crippen molar-refractivity contribution < 1.29 is 27.9 Å². The number of aromatic nitrogens is 1. The quantitative estimate of drug-likeness (QED) is 0.280. The van der Waals surface area contributed by atoms with E-state index in [1.165, 1.54) is 48.8 Å². The number of nitrogens with zero attached hydrogens (tertiary/aromatic N) is 1. The van der Waals surface area contributed by atoms with Gasteiger partial charge in [0.1, 0.15) is 18.3 Å². The van der Waals surface area contributed by atoms with Crippen LogP contribution >= 0.6 is 11.3 Å². The van der Waals surface area contributed by atoms with Gasteiger partial charge >= 0.3 is 5.97 Å². The van der Waals surface area contributed by atoms with Crippen molar-refractivity contribution in [3.8, 4) is 5.75 Å². The molecule has 0 saturated carbocycles. The summed E-state index contributed by atoms with van der Waals surface area (Å²) in [6, 6.07) is 15.4. The zero-order valence-corrected chi connectivity index (χ0v) is 21.2. The number of carboxylic acid groups (broad SMARTS) is 1. The number of rotatable bonds is 10. The molecule has 0 bridgehead atoms. The van der Waals surface area contributed by atoms with Gasteiger partial charge in [0.15, 0.2) is 0 Å². The van der Waals surface area contributed by atoms with Gasteiger partial charge in [0, 0.05) is 22.0 Å². The summed E-state index contributed by atoms with van der Waals surface area (Å²) in [5, 5.41) is 11.7. The van der Waals surface area contributed by atoms with E-state index >= 15 is 0 Å². The third kappa shape index (κ3) is 6.05.